The highest BCUT2D eigenvalue weighted by molar-refractivity contribution is 5.81. The second kappa shape index (κ2) is 7.11. The number of carboxylic acids is 1. The van der Waals surface area contributed by atoms with Crippen LogP contribution in [-0.2, 0) is 16.0 Å². The van der Waals surface area contributed by atoms with Gasteiger partial charge in [0.25, 0.3) is 0 Å². The second-order valence-electron chi connectivity index (χ2n) is 5.46. The average Bonchev–Trinajstić information content (AvgIpc) is 3.28. The number of aryl methyl sites for hydroxylation is 1. The first-order chi connectivity index (χ1) is 10.1. The lowest BCUT2D eigenvalue weighted by molar-refractivity contribution is -0.144. The summed E-state index contributed by atoms with van der Waals surface area (Å²) in [6.07, 6.45) is 3.15. The van der Waals surface area contributed by atoms with Gasteiger partial charge in [-0.3, -0.25) is 9.59 Å². The lowest BCUT2D eigenvalue weighted by Gasteiger charge is -2.20. The van der Waals surface area contributed by atoms with E-state index in [1.54, 1.807) is 7.11 Å². The average molecular weight is 291 g/mol. The maximum atomic E-state index is 12.2. The molecule has 0 heterocycles. The van der Waals surface area contributed by atoms with Gasteiger partial charge < -0.3 is 14.7 Å². The maximum Gasteiger partial charge on any atom is 0.323 e. The summed E-state index contributed by atoms with van der Waals surface area (Å²) < 4.78 is 5.09. The Morgan fingerprint density at radius 3 is 2.48 bits per heavy atom. The number of methoxy groups -OCH3 is 1. The van der Waals surface area contributed by atoms with E-state index in [0.29, 0.717) is 25.3 Å². The number of amides is 1. The lowest BCUT2D eigenvalue weighted by Crippen LogP contribution is -2.37. The van der Waals surface area contributed by atoms with Crippen molar-refractivity contribution < 1.29 is 19.4 Å². The zero-order chi connectivity index (χ0) is 15.2. The molecule has 1 aromatic carbocycles. The monoisotopic (exact) mass is 291 g/mol. The summed E-state index contributed by atoms with van der Waals surface area (Å²) in [5.41, 5.74) is 1.05. The molecule has 1 aromatic rings. The Kier molecular flexibility index (Phi) is 5.20. The van der Waals surface area contributed by atoms with E-state index in [1.807, 2.05) is 24.3 Å². The number of hydrogen-bond acceptors (Lipinski definition) is 3. The Bertz CT molecular complexity index is 494. The van der Waals surface area contributed by atoms with E-state index < -0.39 is 5.97 Å². The first kappa shape index (κ1) is 15.4. The van der Waals surface area contributed by atoms with Crippen LogP contribution >= 0.6 is 0 Å². The molecule has 0 saturated heterocycles. The molecule has 21 heavy (non-hydrogen) atoms. The summed E-state index contributed by atoms with van der Waals surface area (Å²) in [6.45, 7) is 0.381. The third-order valence-electron chi connectivity index (χ3n) is 3.64. The molecule has 1 fully saturated rings. The van der Waals surface area contributed by atoms with Gasteiger partial charge in [-0.1, -0.05) is 12.1 Å². The van der Waals surface area contributed by atoms with Gasteiger partial charge in [0.15, 0.2) is 0 Å². The molecule has 0 unspecified atom stereocenters. The van der Waals surface area contributed by atoms with Crippen LogP contribution in [0.25, 0.3) is 0 Å². The number of carboxylic acid groups (broad SMARTS) is 1. The molecule has 1 amide bonds. The van der Waals surface area contributed by atoms with Gasteiger partial charge in [0.2, 0.25) is 5.91 Å². The van der Waals surface area contributed by atoms with Gasteiger partial charge in [-0.05, 0) is 42.9 Å². The van der Waals surface area contributed by atoms with E-state index in [4.69, 9.17) is 9.84 Å². The second-order valence-corrected chi connectivity index (χ2v) is 5.46. The van der Waals surface area contributed by atoms with Crippen LogP contribution in [0.3, 0.4) is 0 Å². The number of ether oxygens (including phenoxy) is 1. The van der Waals surface area contributed by atoms with Crippen molar-refractivity contribution in [3.8, 4) is 5.75 Å². The first-order valence-electron chi connectivity index (χ1n) is 7.21. The van der Waals surface area contributed by atoms with Gasteiger partial charge in [-0.25, -0.2) is 0 Å². The molecular formula is C16H21NO4. The molecular weight excluding hydrogens is 270 g/mol. The zero-order valence-corrected chi connectivity index (χ0v) is 12.2. The third-order valence-corrected chi connectivity index (χ3v) is 3.64. The predicted octanol–water partition coefficient (Wildman–Crippen LogP) is 1.95. The van der Waals surface area contributed by atoms with Crippen LogP contribution < -0.4 is 4.74 Å². The topological polar surface area (TPSA) is 66.8 Å². The largest absolute Gasteiger partial charge is 0.497 e. The highest BCUT2D eigenvalue weighted by Gasteiger charge is 2.27. The van der Waals surface area contributed by atoms with E-state index in [-0.39, 0.29) is 12.5 Å². The highest BCUT2D eigenvalue weighted by atomic mass is 16.5. The van der Waals surface area contributed by atoms with Crippen molar-refractivity contribution in [2.75, 3.05) is 20.2 Å². The number of rotatable bonds is 8. The van der Waals surface area contributed by atoms with E-state index in [1.165, 1.54) is 4.90 Å². The lowest BCUT2D eigenvalue weighted by atomic mass is 10.1. The fourth-order valence-corrected chi connectivity index (χ4v) is 2.23. The molecule has 0 radical (unpaired) electrons. The zero-order valence-electron chi connectivity index (χ0n) is 12.2. The fraction of sp³-hybridized carbons (Fsp3) is 0.500. The highest BCUT2D eigenvalue weighted by Crippen LogP contribution is 2.29. The number of carbonyl (C=O) groups is 2. The quantitative estimate of drug-likeness (QED) is 0.795. The Morgan fingerprint density at radius 2 is 1.95 bits per heavy atom. The van der Waals surface area contributed by atoms with Crippen LogP contribution in [0.1, 0.15) is 24.8 Å². The number of aliphatic carboxylic acids is 1. The van der Waals surface area contributed by atoms with Crippen molar-refractivity contribution in [3.05, 3.63) is 29.8 Å². The third kappa shape index (κ3) is 5.10. The van der Waals surface area contributed by atoms with Gasteiger partial charge in [0.1, 0.15) is 12.3 Å². The van der Waals surface area contributed by atoms with Crippen molar-refractivity contribution in [3.63, 3.8) is 0 Å². The van der Waals surface area contributed by atoms with E-state index in [0.717, 1.165) is 24.2 Å². The molecule has 0 bridgehead atoms. The number of nitrogens with zero attached hydrogens (tertiary/aromatic N) is 1. The molecule has 0 atom stereocenters. The summed E-state index contributed by atoms with van der Waals surface area (Å²) in [6, 6.07) is 7.57. The summed E-state index contributed by atoms with van der Waals surface area (Å²) in [4.78, 5) is 24.5. The molecule has 5 heteroatoms. The summed E-state index contributed by atoms with van der Waals surface area (Å²) in [5.74, 6) is 0.245. The molecule has 2 rings (SSSR count). The molecule has 1 aliphatic carbocycles. The predicted molar refractivity (Wildman–Crippen MR) is 78.3 cm³/mol. The van der Waals surface area contributed by atoms with Crippen LogP contribution in [0.5, 0.6) is 5.75 Å². The van der Waals surface area contributed by atoms with Crippen LogP contribution in [-0.4, -0.2) is 42.1 Å². The van der Waals surface area contributed by atoms with Crippen molar-refractivity contribution in [1.29, 1.82) is 0 Å². The van der Waals surface area contributed by atoms with E-state index in [2.05, 4.69) is 0 Å². The van der Waals surface area contributed by atoms with Gasteiger partial charge in [0.05, 0.1) is 7.11 Å². The minimum Gasteiger partial charge on any atom is -0.497 e. The Hall–Kier alpha value is -2.04. The number of hydrogen-bond donors (Lipinski definition) is 1. The Labute approximate surface area is 124 Å². The maximum absolute atomic E-state index is 12.2. The smallest absolute Gasteiger partial charge is 0.323 e. The first-order valence-corrected chi connectivity index (χ1v) is 7.21. The van der Waals surface area contributed by atoms with Gasteiger partial charge >= 0.3 is 5.97 Å². The molecule has 5 nitrogen and oxygen atoms in total. The normalized spacial score (nSPS) is 13.8. The van der Waals surface area contributed by atoms with Crippen molar-refractivity contribution in [2.45, 2.75) is 25.7 Å². The molecule has 114 valence electrons. The molecule has 1 N–H and O–H groups in total. The Balaban J connectivity index is 1.86. The molecule has 0 aromatic heterocycles. The minimum absolute atomic E-state index is 0.0832. The van der Waals surface area contributed by atoms with Crippen LogP contribution in [0.2, 0.25) is 0 Å². The summed E-state index contributed by atoms with van der Waals surface area (Å²) in [7, 11) is 1.61. The standard InChI is InChI=1S/C16H21NO4/c1-21-14-7-4-12(5-8-14)6-9-15(18)17(11-16(19)20)10-13-2-3-13/h4-5,7-8,13H,2-3,6,9-11H2,1H3,(H,19,20). The molecule has 1 saturated carbocycles. The van der Waals surface area contributed by atoms with Gasteiger partial charge in [-0.2, -0.15) is 0 Å². The van der Waals surface area contributed by atoms with Gasteiger partial charge in [0, 0.05) is 13.0 Å². The molecule has 0 aliphatic heterocycles. The summed E-state index contributed by atoms with van der Waals surface area (Å²) in [5, 5.41) is 8.90. The van der Waals surface area contributed by atoms with Crippen molar-refractivity contribution in [1.82, 2.24) is 4.90 Å². The van der Waals surface area contributed by atoms with Crippen molar-refractivity contribution >= 4 is 11.9 Å². The number of carbonyl (C=O) groups excluding carboxylic acids is 1. The molecule has 1 aliphatic rings. The van der Waals surface area contributed by atoms with E-state index >= 15 is 0 Å². The SMILES string of the molecule is COc1ccc(CCC(=O)N(CC(=O)O)CC2CC2)cc1. The van der Waals surface area contributed by atoms with Crippen LogP contribution in [0.4, 0.5) is 0 Å². The summed E-state index contributed by atoms with van der Waals surface area (Å²) >= 11 is 0. The Morgan fingerprint density at radius 1 is 1.29 bits per heavy atom. The van der Waals surface area contributed by atoms with Gasteiger partial charge in [-0.15, -0.1) is 0 Å². The van der Waals surface area contributed by atoms with E-state index in [9.17, 15) is 9.59 Å². The van der Waals surface area contributed by atoms with Crippen LogP contribution in [0, 0.1) is 5.92 Å². The van der Waals surface area contributed by atoms with Crippen molar-refractivity contribution in [2.24, 2.45) is 5.92 Å². The fourth-order valence-electron chi connectivity index (χ4n) is 2.23. The number of benzene rings is 1. The van der Waals surface area contributed by atoms with Crippen LogP contribution in [0.15, 0.2) is 24.3 Å². The minimum atomic E-state index is -0.951. The molecule has 0 spiro atoms.